The topological polar surface area (TPSA) is 49.4 Å². The van der Waals surface area contributed by atoms with Gasteiger partial charge in [0.1, 0.15) is 0 Å². The summed E-state index contributed by atoms with van der Waals surface area (Å²) >= 11 is 0. The maximum absolute atomic E-state index is 12.0. The number of hydrogen-bond donors (Lipinski definition) is 1. The van der Waals surface area contributed by atoms with Gasteiger partial charge in [-0.2, -0.15) is 0 Å². The average Bonchev–Trinajstić information content (AvgIpc) is 3.11. The molecule has 0 aromatic rings. The molecule has 1 aliphatic heterocycles. The van der Waals surface area contributed by atoms with Crippen LogP contribution in [0.3, 0.4) is 0 Å². The maximum Gasteiger partial charge on any atom is 0.247 e. The van der Waals surface area contributed by atoms with E-state index in [1.54, 1.807) is 0 Å². The van der Waals surface area contributed by atoms with Gasteiger partial charge in [0.25, 0.3) is 0 Å². The van der Waals surface area contributed by atoms with Gasteiger partial charge in [-0.3, -0.25) is 14.5 Å². The minimum absolute atomic E-state index is 0.0225. The number of amides is 2. The SMILES string of the molecule is CCC1CC1NC1CC(=O)N(C2CC2)C1=O. The maximum atomic E-state index is 12.0. The van der Waals surface area contributed by atoms with E-state index in [1.807, 2.05) is 0 Å². The minimum Gasteiger partial charge on any atom is -0.302 e. The van der Waals surface area contributed by atoms with Gasteiger partial charge >= 0.3 is 0 Å². The molecule has 2 aliphatic carbocycles. The lowest BCUT2D eigenvalue weighted by molar-refractivity contribution is -0.139. The Balaban J connectivity index is 1.60. The Morgan fingerprint density at radius 3 is 2.69 bits per heavy atom. The van der Waals surface area contributed by atoms with Gasteiger partial charge in [0.2, 0.25) is 11.8 Å². The largest absolute Gasteiger partial charge is 0.302 e. The number of rotatable bonds is 4. The lowest BCUT2D eigenvalue weighted by atomic mass is 10.2. The van der Waals surface area contributed by atoms with Gasteiger partial charge in [-0.1, -0.05) is 13.3 Å². The standard InChI is InChI=1S/C12H18N2O2/c1-2-7-5-9(7)13-10-6-11(15)14(12(10)16)8-3-4-8/h7-10,13H,2-6H2,1H3. The highest BCUT2D eigenvalue weighted by Crippen LogP contribution is 2.36. The molecule has 88 valence electrons. The Labute approximate surface area is 95.4 Å². The molecule has 1 N–H and O–H groups in total. The third kappa shape index (κ3) is 1.65. The van der Waals surface area contributed by atoms with Crippen LogP contribution in [0, 0.1) is 5.92 Å². The Morgan fingerprint density at radius 2 is 2.12 bits per heavy atom. The van der Waals surface area contributed by atoms with Crippen LogP contribution >= 0.6 is 0 Å². The fourth-order valence-electron chi connectivity index (χ4n) is 2.66. The van der Waals surface area contributed by atoms with E-state index in [0.717, 1.165) is 25.2 Å². The van der Waals surface area contributed by atoms with Crippen LogP contribution in [0.5, 0.6) is 0 Å². The quantitative estimate of drug-likeness (QED) is 0.711. The first-order chi connectivity index (χ1) is 7.70. The predicted molar refractivity (Wildman–Crippen MR) is 58.6 cm³/mol. The van der Waals surface area contributed by atoms with Gasteiger partial charge in [0, 0.05) is 12.1 Å². The first kappa shape index (κ1) is 10.3. The summed E-state index contributed by atoms with van der Waals surface area (Å²) in [6.07, 6.45) is 4.72. The molecule has 0 aromatic carbocycles. The molecule has 3 fully saturated rings. The monoisotopic (exact) mass is 222 g/mol. The van der Waals surface area contributed by atoms with Crippen molar-refractivity contribution in [3.63, 3.8) is 0 Å². The van der Waals surface area contributed by atoms with Gasteiger partial charge in [0.15, 0.2) is 0 Å². The van der Waals surface area contributed by atoms with Crippen molar-refractivity contribution in [1.82, 2.24) is 10.2 Å². The fraction of sp³-hybridized carbons (Fsp3) is 0.833. The highest BCUT2D eigenvalue weighted by Gasteiger charge is 2.48. The molecule has 3 unspecified atom stereocenters. The summed E-state index contributed by atoms with van der Waals surface area (Å²) in [7, 11) is 0. The van der Waals surface area contributed by atoms with E-state index in [2.05, 4.69) is 12.2 Å². The molecular formula is C12H18N2O2. The van der Waals surface area contributed by atoms with Crippen molar-refractivity contribution in [1.29, 1.82) is 0 Å². The van der Waals surface area contributed by atoms with E-state index in [-0.39, 0.29) is 23.9 Å². The van der Waals surface area contributed by atoms with Crippen molar-refractivity contribution in [2.45, 2.75) is 57.2 Å². The summed E-state index contributed by atoms with van der Waals surface area (Å²) in [6, 6.07) is 0.480. The molecule has 3 rings (SSSR count). The van der Waals surface area contributed by atoms with Crippen LogP contribution in [0.1, 0.15) is 39.0 Å². The van der Waals surface area contributed by atoms with Crippen molar-refractivity contribution >= 4 is 11.8 Å². The molecule has 0 spiro atoms. The van der Waals surface area contributed by atoms with E-state index in [9.17, 15) is 9.59 Å². The molecule has 0 bridgehead atoms. The molecule has 1 saturated heterocycles. The lowest BCUT2D eigenvalue weighted by Gasteiger charge is -2.14. The highest BCUT2D eigenvalue weighted by molar-refractivity contribution is 6.06. The van der Waals surface area contributed by atoms with Crippen LogP contribution in [-0.2, 0) is 9.59 Å². The number of carbonyl (C=O) groups excluding carboxylic acids is 2. The molecule has 3 aliphatic rings. The molecular weight excluding hydrogens is 204 g/mol. The normalized spacial score (nSPS) is 38.3. The van der Waals surface area contributed by atoms with Gasteiger partial charge in [-0.05, 0) is 25.2 Å². The molecule has 0 radical (unpaired) electrons. The van der Waals surface area contributed by atoms with Crippen LogP contribution in [0.25, 0.3) is 0 Å². The first-order valence-corrected chi connectivity index (χ1v) is 6.32. The van der Waals surface area contributed by atoms with Gasteiger partial charge in [-0.25, -0.2) is 0 Å². The molecule has 1 heterocycles. The molecule has 3 atom stereocenters. The van der Waals surface area contributed by atoms with Crippen molar-refractivity contribution in [2.75, 3.05) is 0 Å². The lowest BCUT2D eigenvalue weighted by Crippen LogP contribution is -2.41. The molecule has 4 heteroatoms. The number of nitrogens with one attached hydrogen (secondary N) is 1. The molecule has 0 aromatic heterocycles. The van der Waals surface area contributed by atoms with Crippen LogP contribution in [0.2, 0.25) is 0 Å². The van der Waals surface area contributed by atoms with Gasteiger partial charge < -0.3 is 5.32 Å². The van der Waals surface area contributed by atoms with Crippen molar-refractivity contribution in [2.24, 2.45) is 5.92 Å². The average molecular weight is 222 g/mol. The molecule has 16 heavy (non-hydrogen) atoms. The van der Waals surface area contributed by atoms with Crippen LogP contribution < -0.4 is 5.32 Å². The summed E-state index contributed by atoms with van der Waals surface area (Å²) < 4.78 is 0. The second kappa shape index (κ2) is 3.55. The number of hydrogen-bond acceptors (Lipinski definition) is 3. The second-order valence-electron chi connectivity index (χ2n) is 5.27. The van der Waals surface area contributed by atoms with E-state index >= 15 is 0 Å². The predicted octanol–water partition coefficient (Wildman–Crippen LogP) is 0.664. The zero-order valence-corrected chi connectivity index (χ0v) is 9.61. The highest BCUT2D eigenvalue weighted by atomic mass is 16.2. The minimum atomic E-state index is -0.227. The van der Waals surface area contributed by atoms with E-state index in [0.29, 0.717) is 12.5 Å². The van der Waals surface area contributed by atoms with Crippen molar-refractivity contribution < 1.29 is 9.59 Å². The zero-order chi connectivity index (χ0) is 11.3. The third-order valence-electron chi connectivity index (χ3n) is 3.96. The first-order valence-electron chi connectivity index (χ1n) is 6.32. The van der Waals surface area contributed by atoms with Crippen LogP contribution in [0.4, 0.5) is 0 Å². The summed E-state index contributed by atoms with van der Waals surface area (Å²) in [5, 5.41) is 3.33. The smallest absolute Gasteiger partial charge is 0.247 e. The van der Waals surface area contributed by atoms with Gasteiger partial charge in [-0.15, -0.1) is 0 Å². The summed E-state index contributed by atoms with van der Waals surface area (Å²) in [4.78, 5) is 25.2. The zero-order valence-electron chi connectivity index (χ0n) is 9.61. The number of carbonyl (C=O) groups is 2. The van der Waals surface area contributed by atoms with E-state index in [1.165, 1.54) is 11.3 Å². The Kier molecular flexibility index (Phi) is 2.28. The summed E-state index contributed by atoms with van der Waals surface area (Å²) in [5.41, 5.74) is 0. The Morgan fingerprint density at radius 1 is 1.38 bits per heavy atom. The summed E-state index contributed by atoms with van der Waals surface area (Å²) in [5.74, 6) is 0.769. The third-order valence-corrected chi connectivity index (χ3v) is 3.96. The number of likely N-dealkylation sites (tertiary alicyclic amines) is 1. The van der Waals surface area contributed by atoms with Crippen molar-refractivity contribution in [3.05, 3.63) is 0 Å². The van der Waals surface area contributed by atoms with Crippen LogP contribution in [-0.4, -0.2) is 34.8 Å². The Hall–Kier alpha value is -0.900. The van der Waals surface area contributed by atoms with E-state index < -0.39 is 0 Å². The van der Waals surface area contributed by atoms with Crippen LogP contribution in [0.15, 0.2) is 0 Å². The number of nitrogens with zero attached hydrogens (tertiary/aromatic N) is 1. The summed E-state index contributed by atoms with van der Waals surface area (Å²) in [6.45, 7) is 2.17. The van der Waals surface area contributed by atoms with E-state index in [4.69, 9.17) is 0 Å². The van der Waals surface area contributed by atoms with Gasteiger partial charge in [0.05, 0.1) is 12.5 Å². The molecule has 4 nitrogen and oxygen atoms in total. The number of imide groups is 1. The molecule has 2 amide bonds. The fourth-order valence-corrected chi connectivity index (χ4v) is 2.66. The second-order valence-corrected chi connectivity index (χ2v) is 5.27. The Bertz CT molecular complexity index is 338. The molecule has 2 saturated carbocycles. The van der Waals surface area contributed by atoms with Crippen molar-refractivity contribution in [3.8, 4) is 0 Å².